The molecule has 1 unspecified atom stereocenters. The van der Waals surface area contributed by atoms with Crippen molar-refractivity contribution in [2.24, 2.45) is 5.92 Å². The SMILES string of the molecule is Cc1cc(F)ccc1NC(=O)NCC(O)COCC(C)C. The summed E-state index contributed by atoms with van der Waals surface area (Å²) in [5, 5.41) is 14.8. The number of aliphatic hydroxyl groups is 1. The van der Waals surface area contributed by atoms with Crippen LogP contribution in [0.25, 0.3) is 0 Å². The van der Waals surface area contributed by atoms with Crippen molar-refractivity contribution in [2.45, 2.75) is 26.9 Å². The Morgan fingerprint density at radius 3 is 2.71 bits per heavy atom. The maximum Gasteiger partial charge on any atom is 0.319 e. The summed E-state index contributed by atoms with van der Waals surface area (Å²) in [5.74, 6) is 0.0473. The Kier molecular flexibility index (Phi) is 7.11. The monoisotopic (exact) mass is 298 g/mol. The Morgan fingerprint density at radius 1 is 1.38 bits per heavy atom. The maximum atomic E-state index is 12.9. The predicted octanol–water partition coefficient (Wildman–Crippen LogP) is 2.29. The maximum absolute atomic E-state index is 12.9. The average Bonchev–Trinajstić information content (AvgIpc) is 2.39. The van der Waals surface area contributed by atoms with Crippen molar-refractivity contribution in [3.05, 3.63) is 29.6 Å². The van der Waals surface area contributed by atoms with Gasteiger partial charge in [-0.2, -0.15) is 0 Å². The van der Waals surface area contributed by atoms with Crippen molar-refractivity contribution in [2.75, 3.05) is 25.1 Å². The lowest BCUT2D eigenvalue weighted by atomic mass is 10.2. The van der Waals surface area contributed by atoms with E-state index >= 15 is 0 Å². The molecule has 1 rings (SSSR count). The first kappa shape index (κ1) is 17.4. The van der Waals surface area contributed by atoms with Gasteiger partial charge in [0, 0.05) is 18.8 Å². The molecule has 21 heavy (non-hydrogen) atoms. The Balaban J connectivity index is 2.30. The van der Waals surface area contributed by atoms with Gasteiger partial charge < -0.3 is 20.5 Å². The standard InChI is InChI=1S/C15H23FN2O3/c1-10(2)8-21-9-13(19)7-17-15(20)18-14-5-4-12(16)6-11(14)3/h4-6,10,13,19H,7-9H2,1-3H3,(H2,17,18,20). The predicted molar refractivity (Wildman–Crippen MR) is 79.8 cm³/mol. The molecule has 118 valence electrons. The Morgan fingerprint density at radius 2 is 2.10 bits per heavy atom. The molecule has 1 aromatic carbocycles. The fourth-order valence-corrected chi connectivity index (χ4v) is 1.64. The number of hydrogen-bond donors (Lipinski definition) is 3. The molecule has 0 aromatic heterocycles. The molecule has 1 atom stereocenters. The number of amides is 2. The van der Waals surface area contributed by atoms with Gasteiger partial charge in [-0.1, -0.05) is 13.8 Å². The molecule has 0 fully saturated rings. The van der Waals surface area contributed by atoms with E-state index in [1.54, 1.807) is 6.92 Å². The molecule has 0 aliphatic rings. The van der Waals surface area contributed by atoms with Crippen LogP contribution in [0, 0.1) is 18.7 Å². The van der Waals surface area contributed by atoms with E-state index in [-0.39, 0.29) is 19.0 Å². The molecule has 3 N–H and O–H groups in total. The van der Waals surface area contributed by atoms with E-state index in [1.165, 1.54) is 18.2 Å². The third kappa shape index (κ3) is 7.06. The van der Waals surface area contributed by atoms with E-state index in [0.29, 0.717) is 23.8 Å². The van der Waals surface area contributed by atoms with Crippen molar-refractivity contribution in [3.63, 3.8) is 0 Å². The van der Waals surface area contributed by atoms with E-state index in [9.17, 15) is 14.3 Å². The van der Waals surface area contributed by atoms with Crippen LogP contribution in [-0.4, -0.2) is 37.0 Å². The van der Waals surface area contributed by atoms with Gasteiger partial charge in [-0.05, 0) is 36.6 Å². The smallest absolute Gasteiger partial charge is 0.319 e. The molecule has 0 aliphatic carbocycles. The minimum Gasteiger partial charge on any atom is -0.389 e. The van der Waals surface area contributed by atoms with Gasteiger partial charge in [-0.25, -0.2) is 9.18 Å². The highest BCUT2D eigenvalue weighted by atomic mass is 19.1. The Bertz CT molecular complexity index is 466. The molecular weight excluding hydrogens is 275 g/mol. The number of aryl methyl sites for hydroxylation is 1. The molecule has 0 saturated carbocycles. The number of carbonyl (C=O) groups is 1. The zero-order valence-corrected chi connectivity index (χ0v) is 12.6. The van der Waals surface area contributed by atoms with Crippen molar-refractivity contribution in [3.8, 4) is 0 Å². The first-order valence-corrected chi connectivity index (χ1v) is 6.95. The van der Waals surface area contributed by atoms with Crippen LogP contribution in [0.5, 0.6) is 0 Å². The van der Waals surface area contributed by atoms with Gasteiger partial charge in [-0.3, -0.25) is 0 Å². The number of anilines is 1. The molecule has 2 amide bonds. The molecule has 0 spiro atoms. The molecule has 5 nitrogen and oxygen atoms in total. The number of benzene rings is 1. The number of carbonyl (C=O) groups excluding carboxylic acids is 1. The third-order valence-electron chi connectivity index (χ3n) is 2.70. The third-order valence-corrected chi connectivity index (χ3v) is 2.70. The fraction of sp³-hybridized carbons (Fsp3) is 0.533. The highest BCUT2D eigenvalue weighted by Gasteiger charge is 2.09. The first-order chi connectivity index (χ1) is 9.88. The molecule has 1 aromatic rings. The summed E-state index contributed by atoms with van der Waals surface area (Å²) in [7, 11) is 0. The van der Waals surface area contributed by atoms with Gasteiger partial charge in [0.2, 0.25) is 0 Å². The fourth-order valence-electron chi connectivity index (χ4n) is 1.64. The number of ether oxygens (including phenoxy) is 1. The summed E-state index contributed by atoms with van der Waals surface area (Å²) >= 11 is 0. The van der Waals surface area contributed by atoms with Gasteiger partial charge in [0.05, 0.1) is 12.7 Å². The van der Waals surface area contributed by atoms with Gasteiger partial charge in [-0.15, -0.1) is 0 Å². The molecule has 0 bridgehead atoms. The van der Waals surface area contributed by atoms with Gasteiger partial charge in [0.1, 0.15) is 5.82 Å². The van der Waals surface area contributed by atoms with Crippen LogP contribution >= 0.6 is 0 Å². The van der Waals surface area contributed by atoms with Crippen LogP contribution in [0.1, 0.15) is 19.4 Å². The zero-order chi connectivity index (χ0) is 15.8. The molecule has 0 radical (unpaired) electrons. The lowest BCUT2D eigenvalue weighted by Crippen LogP contribution is -2.37. The summed E-state index contributed by atoms with van der Waals surface area (Å²) in [6.45, 7) is 6.57. The lowest BCUT2D eigenvalue weighted by molar-refractivity contribution is 0.0274. The van der Waals surface area contributed by atoms with Gasteiger partial charge >= 0.3 is 6.03 Å². The topological polar surface area (TPSA) is 70.6 Å². The van der Waals surface area contributed by atoms with Crippen LogP contribution in [0.4, 0.5) is 14.9 Å². The lowest BCUT2D eigenvalue weighted by Gasteiger charge is -2.14. The quantitative estimate of drug-likeness (QED) is 0.723. The second-order valence-electron chi connectivity index (χ2n) is 5.38. The highest BCUT2D eigenvalue weighted by Crippen LogP contribution is 2.15. The van der Waals surface area contributed by atoms with E-state index in [1.807, 2.05) is 13.8 Å². The molecule has 0 aliphatic heterocycles. The van der Waals surface area contributed by atoms with Crippen LogP contribution in [0.15, 0.2) is 18.2 Å². The minimum atomic E-state index is -0.760. The number of rotatable bonds is 7. The largest absolute Gasteiger partial charge is 0.389 e. The zero-order valence-electron chi connectivity index (χ0n) is 12.6. The van der Waals surface area contributed by atoms with Crippen molar-refractivity contribution >= 4 is 11.7 Å². The van der Waals surface area contributed by atoms with E-state index in [2.05, 4.69) is 10.6 Å². The summed E-state index contributed by atoms with van der Waals surface area (Å²) in [6.07, 6.45) is -0.760. The molecule has 0 saturated heterocycles. The Labute approximate surface area is 124 Å². The number of urea groups is 1. The second kappa shape index (κ2) is 8.59. The molecular formula is C15H23FN2O3. The normalized spacial score (nSPS) is 12.3. The number of nitrogens with one attached hydrogen (secondary N) is 2. The van der Waals surface area contributed by atoms with Crippen LogP contribution in [-0.2, 0) is 4.74 Å². The number of aliphatic hydroxyl groups excluding tert-OH is 1. The van der Waals surface area contributed by atoms with E-state index in [0.717, 1.165) is 0 Å². The van der Waals surface area contributed by atoms with Crippen LogP contribution in [0.3, 0.4) is 0 Å². The average molecular weight is 298 g/mol. The number of halogens is 1. The summed E-state index contributed by atoms with van der Waals surface area (Å²) in [5.41, 5.74) is 1.16. The summed E-state index contributed by atoms with van der Waals surface area (Å²) in [4.78, 5) is 11.7. The minimum absolute atomic E-state index is 0.0875. The van der Waals surface area contributed by atoms with Gasteiger partial charge in [0.15, 0.2) is 0 Å². The van der Waals surface area contributed by atoms with Crippen molar-refractivity contribution in [1.82, 2.24) is 5.32 Å². The van der Waals surface area contributed by atoms with Crippen LogP contribution < -0.4 is 10.6 Å². The second-order valence-corrected chi connectivity index (χ2v) is 5.38. The van der Waals surface area contributed by atoms with Gasteiger partial charge in [0.25, 0.3) is 0 Å². The first-order valence-electron chi connectivity index (χ1n) is 6.95. The van der Waals surface area contributed by atoms with E-state index < -0.39 is 12.1 Å². The van der Waals surface area contributed by atoms with Crippen molar-refractivity contribution in [1.29, 1.82) is 0 Å². The molecule has 6 heteroatoms. The highest BCUT2D eigenvalue weighted by molar-refractivity contribution is 5.90. The van der Waals surface area contributed by atoms with Crippen molar-refractivity contribution < 1.29 is 19.0 Å². The van der Waals surface area contributed by atoms with Crippen LogP contribution in [0.2, 0.25) is 0 Å². The Hall–Kier alpha value is -1.66. The number of hydrogen-bond acceptors (Lipinski definition) is 3. The van der Waals surface area contributed by atoms with E-state index in [4.69, 9.17) is 4.74 Å². The molecule has 0 heterocycles. The summed E-state index contributed by atoms with van der Waals surface area (Å²) in [6, 6.07) is 3.65. The summed E-state index contributed by atoms with van der Waals surface area (Å²) < 4.78 is 18.2.